The third-order valence-corrected chi connectivity index (χ3v) is 15.0. The van der Waals surface area contributed by atoms with Crippen LogP contribution in [0.3, 0.4) is 0 Å². The highest BCUT2D eigenvalue weighted by Crippen LogP contribution is 2.72. The Labute approximate surface area is 372 Å². The number of nitrogens with one attached hydrogen (secondary N) is 1. The molecule has 5 unspecified atom stereocenters. The molecular weight excluding hydrogens is 805 g/mol. The van der Waals surface area contributed by atoms with Gasteiger partial charge in [0.05, 0.1) is 26.9 Å². The molecule has 0 bridgehead atoms. The summed E-state index contributed by atoms with van der Waals surface area (Å²) in [4.78, 5) is 21.3. The molecule has 4 aliphatic rings. The van der Waals surface area contributed by atoms with Crippen LogP contribution in [0.1, 0.15) is 35.2 Å². The second-order valence-electron chi connectivity index (χ2n) is 17.3. The Kier molecular flexibility index (Phi) is 7.65. The summed E-state index contributed by atoms with van der Waals surface area (Å²) >= 11 is 1.76. The molecule has 1 saturated carbocycles. The van der Waals surface area contributed by atoms with Crippen LogP contribution in [0, 0.1) is 11.8 Å². The number of allylic oxidation sites excluding steroid dienone is 1. The number of thiophene rings is 1. The second kappa shape index (κ2) is 13.7. The number of benzene rings is 7. The van der Waals surface area contributed by atoms with Gasteiger partial charge in [-0.05, 0) is 54.5 Å². The number of aliphatic imine (C=N–C) groups is 2. The number of aromatic nitrogens is 3. The molecule has 304 valence electrons. The molecule has 0 saturated heterocycles. The van der Waals surface area contributed by atoms with Crippen molar-refractivity contribution in [1.29, 1.82) is 0 Å². The van der Waals surface area contributed by atoms with Crippen molar-refractivity contribution in [3.05, 3.63) is 205 Å². The van der Waals surface area contributed by atoms with Gasteiger partial charge in [-0.25, -0.2) is 20.0 Å². The molecule has 64 heavy (non-hydrogen) atoms. The fourth-order valence-corrected chi connectivity index (χ4v) is 12.0. The largest absolute Gasteiger partial charge is 0.482 e. The number of hydrogen-bond acceptors (Lipinski definition) is 7. The molecule has 0 radical (unpaired) electrons. The minimum Gasteiger partial charge on any atom is -0.482 e. The highest BCUT2D eigenvalue weighted by molar-refractivity contribution is 7.26. The first-order valence-electron chi connectivity index (χ1n) is 22.0. The van der Waals surface area contributed by atoms with Crippen LogP contribution in [0.15, 0.2) is 198 Å². The van der Waals surface area contributed by atoms with Gasteiger partial charge in [0.15, 0.2) is 5.82 Å². The van der Waals surface area contributed by atoms with E-state index in [-0.39, 0.29) is 23.9 Å². The Morgan fingerprint density at radius 3 is 2.25 bits per heavy atom. The first kappa shape index (κ1) is 35.9. The van der Waals surface area contributed by atoms with E-state index in [0.717, 1.165) is 78.6 Å². The monoisotopic (exact) mass is 842 g/mol. The van der Waals surface area contributed by atoms with E-state index in [4.69, 9.17) is 24.7 Å². The van der Waals surface area contributed by atoms with Gasteiger partial charge in [-0.2, -0.15) is 0 Å². The van der Waals surface area contributed by atoms with Gasteiger partial charge < -0.3 is 14.6 Å². The summed E-state index contributed by atoms with van der Waals surface area (Å²) in [5, 5.41) is 7.20. The molecule has 7 nitrogen and oxygen atoms in total. The van der Waals surface area contributed by atoms with E-state index in [1.165, 1.54) is 26.6 Å². The number of nitrogens with zero attached hydrogens (tertiary/aromatic N) is 5. The number of rotatable bonds is 6. The van der Waals surface area contributed by atoms with Gasteiger partial charge >= 0.3 is 0 Å². The number of para-hydroxylation sites is 2. The maximum Gasteiger partial charge on any atom is 0.160 e. The topological polar surface area (TPSA) is 76.7 Å². The fraction of sp³-hybridized carbons (Fsp3) is 0.107. The van der Waals surface area contributed by atoms with E-state index in [0.29, 0.717) is 5.82 Å². The summed E-state index contributed by atoms with van der Waals surface area (Å²) in [6, 6.07) is 62.1. The predicted octanol–water partition coefficient (Wildman–Crippen LogP) is 12.8. The van der Waals surface area contributed by atoms with Crippen molar-refractivity contribution in [3.63, 3.8) is 0 Å². The van der Waals surface area contributed by atoms with Crippen molar-refractivity contribution >= 4 is 65.1 Å². The smallest absolute Gasteiger partial charge is 0.160 e. The minimum atomic E-state index is -0.423. The highest BCUT2D eigenvalue weighted by atomic mass is 32.1. The number of ether oxygens (including phenoxy) is 1. The summed E-state index contributed by atoms with van der Waals surface area (Å²) in [5.74, 6) is 3.90. The molecule has 5 heterocycles. The molecule has 7 aromatic carbocycles. The Balaban J connectivity index is 0.860. The van der Waals surface area contributed by atoms with E-state index in [9.17, 15) is 0 Å². The first-order valence-corrected chi connectivity index (χ1v) is 22.8. The van der Waals surface area contributed by atoms with Crippen molar-refractivity contribution in [3.8, 4) is 34.1 Å². The van der Waals surface area contributed by atoms with Crippen LogP contribution >= 0.6 is 11.3 Å². The van der Waals surface area contributed by atoms with Crippen LogP contribution in [0.4, 0.5) is 0 Å². The van der Waals surface area contributed by atoms with Crippen LogP contribution in [0.5, 0.6) is 5.75 Å². The van der Waals surface area contributed by atoms with E-state index < -0.39 is 5.60 Å². The molecular formula is C56H38N6OS. The zero-order chi connectivity index (χ0) is 41.9. The van der Waals surface area contributed by atoms with Crippen molar-refractivity contribution in [2.45, 2.75) is 24.1 Å². The molecule has 1 N–H and O–H groups in total. The lowest BCUT2D eigenvalue weighted by Crippen LogP contribution is -2.37. The second-order valence-corrected chi connectivity index (χ2v) is 18.4. The van der Waals surface area contributed by atoms with Gasteiger partial charge in [-0.3, -0.25) is 0 Å². The van der Waals surface area contributed by atoms with Gasteiger partial charge in [-0.1, -0.05) is 146 Å². The number of amidine groups is 2. The van der Waals surface area contributed by atoms with Crippen LogP contribution in [-0.2, 0) is 0 Å². The van der Waals surface area contributed by atoms with Gasteiger partial charge in [0, 0.05) is 66.6 Å². The maximum atomic E-state index is 7.11. The van der Waals surface area contributed by atoms with Gasteiger partial charge in [0.1, 0.15) is 29.2 Å². The SMILES string of the molecule is C1=CC23Oc4cc(-c5nc(-c6ccc7c8ccccc8n(-c8ccccc8)c7c6)c6sc7ccccc7c6n5)ccc4C2C3C(C2=NC(c3ccccc3)NC(c3ccccc3)=N2)C1. The van der Waals surface area contributed by atoms with E-state index in [1.807, 2.05) is 12.1 Å². The number of hydrogen-bond donors (Lipinski definition) is 1. The normalized spacial score (nSPS) is 21.8. The lowest BCUT2D eigenvalue weighted by atomic mass is 9.89. The fourth-order valence-electron chi connectivity index (χ4n) is 10.9. The molecule has 2 aliphatic heterocycles. The standard InChI is InChI=1S/C56H38N6OS/c1-4-15-33(16-5-1)52-59-53(34-17-6-2-7-18-34)61-55(60-52)42-23-14-30-56-47(48(42)56)40-29-27-36(32-45(40)63-56)54-57-49(51-50(58-54)41-22-11-13-25-46(41)64-51)35-26-28-39-38-21-10-12-24-43(38)62(44(39)31-35)37-19-8-3-9-20-37/h1-22,24-32,42,47-48,52H,23H2,(H,59,60,61). The Bertz CT molecular complexity index is 3630. The lowest BCUT2D eigenvalue weighted by Gasteiger charge is -2.29. The maximum absolute atomic E-state index is 7.11. The van der Waals surface area contributed by atoms with Gasteiger partial charge in [0.25, 0.3) is 0 Å². The summed E-state index contributed by atoms with van der Waals surface area (Å²) in [5.41, 5.74) is 10.3. The zero-order valence-electron chi connectivity index (χ0n) is 34.5. The van der Waals surface area contributed by atoms with E-state index in [1.54, 1.807) is 11.3 Å². The van der Waals surface area contributed by atoms with E-state index in [2.05, 4.69) is 186 Å². The Morgan fingerprint density at radius 1 is 0.656 bits per heavy atom. The number of fused-ring (bicyclic) bond motifs is 9. The summed E-state index contributed by atoms with van der Waals surface area (Å²) < 4.78 is 11.7. The summed E-state index contributed by atoms with van der Waals surface area (Å²) in [6.07, 6.45) is 5.24. The van der Waals surface area contributed by atoms with Gasteiger partial charge in [-0.15, -0.1) is 11.3 Å². The summed E-state index contributed by atoms with van der Waals surface area (Å²) in [6.45, 7) is 0. The molecule has 1 spiro atoms. The molecule has 14 rings (SSSR count). The molecule has 1 fully saturated rings. The average Bonchev–Trinajstić information content (AvgIpc) is 3.56. The van der Waals surface area contributed by atoms with E-state index >= 15 is 0 Å². The minimum absolute atomic E-state index is 0.118. The molecule has 0 amide bonds. The van der Waals surface area contributed by atoms with Crippen LogP contribution in [0.25, 0.3) is 70.4 Å². The Morgan fingerprint density at radius 2 is 1.39 bits per heavy atom. The molecule has 5 atom stereocenters. The van der Waals surface area contributed by atoms with Crippen LogP contribution in [-0.4, -0.2) is 31.8 Å². The third kappa shape index (κ3) is 5.32. The average molecular weight is 843 g/mol. The van der Waals surface area contributed by atoms with Crippen molar-refractivity contribution < 1.29 is 4.74 Å². The highest BCUT2D eigenvalue weighted by Gasteiger charge is 2.74. The molecule has 8 heteroatoms. The third-order valence-electron chi connectivity index (χ3n) is 13.8. The quantitative estimate of drug-likeness (QED) is 0.169. The Hall–Kier alpha value is -7.68. The lowest BCUT2D eigenvalue weighted by molar-refractivity contribution is 0.204. The first-order chi connectivity index (χ1) is 31.7. The molecule has 10 aromatic rings. The van der Waals surface area contributed by atoms with Crippen LogP contribution < -0.4 is 10.1 Å². The molecule has 2 aliphatic carbocycles. The van der Waals surface area contributed by atoms with Crippen molar-refractivity contribution in [1.82, 2.24) is 19.9 Å². The van der Waals surface area contributed by atoms with Crippen LogP contribution in [0.2, 0.25) is 0 Å². The van der Waals surface area contributed by atoms with Gasteiger partial charge in [0.2, 0.25) is 0 Å². The predicted molar refractivity (Wildman–Crippen MR) is 260 cm³/mol. The molecule has 3 aromatic heterocycles. The summed E-state index contributed by atoms with van der Waals surface area (Å²) in [7, 11) is 0. The van der Waals surface area contributed by atoms with Crippen molar-refractivity contribution in [2.75, 3.05) is 0 Å². The van der Waals surface area contributed by atoms with Crippen molar-refractivity contribution in [2.24, 2.45) is 21.8 Å². The zero-order valence-corrected chi connectivity index (χ0v) is 35.3.